The first-order valence-electron chi connectivity index (χ1n) is 9.58. The maximum atomic E-state index is 12.8. The minimum Gasteiger partial charge on any atom is -0.495 e. The Morgan fingerprint density at radius 1 is 1.03 bits per heavy atom. The highest BCUT2D eigenvalue weighted by Crippen LogP contribution is 2.25. The number of aromatic nitrogens is 2. The van der Waals surface area contributed by atoms with E-state index in [4.69, 9.17) is 9.47 Å². The van der Waals surface area contributed by atoms with Gasteiger partial charge in [-0.15, -0.1) is 0 Å². The van der Waals surface area contributed by atoms with Crippen molar-refractivity contribution >= 4 is 5.91 Å². The maximum absolute atomic E-state index is 12.8. The molecule has 3 aromatic rings. The predicted molar refractivity (Wildman–Crippen MR) is 109 cm³/mol. The summed E-state index contributed by atoms with van der Waals surface area (Å²) in [5, 5.41) is 0. The van der Waals surface area contributed by atoms with Gasteiger partial charge in [-0.25, -0.2) is 0 Å². The molecule has 0 radical (unpaired) electrons. The lowest BCUT2D eigenvalue weighted by molar-refractivity contribution is 0.0734. The van der Waals surface area contributed by atoms with Gasteiger partial charge in [-0.1, -0.05) is 6.07 Å². The van der Waals surface area contributed by atoms with Gasteiger partial charge in [-0.3, -0.25) is 14.8 Å². The van der Waals surface area contributed by atoms with Crippen molar-refractivity contribution in [3.05, 3.63) is 82.9 Å². The van der Waals surface area contributed by atoms with Gasteiger partial charge in [0.15, 0.2) is 0 Å². The lowest BCUT2D eigenvalue weighted by Crippen LogP contribution is -2.36. The van der Waals surface area contributed by atoms with E-state index in [0.717, 1.165) is 34.9 Å². The summed E-state index contributed by atoms with van der Waals surface area (Å²) in [4.78, 5) is 23.2. The number of amides is 1. The fourth-order valence-corrected chi connectivity index (χ4v) is 3.35. The number of aryl methyl sites for hydroxylation is 1. The van der Waals surface area contributed by atoms with Crippen LogP contribution < -0.4 is 9.47 Å². The second kappa shape index (κ2) is 8.31. The van der Waals surface area contributed by atoms with Crippen molar-refractivity contribution in [2.45, 2.75) is 26.5 Å². The average Bonchev–Trinajstić information content (AvgIpc) is 2.77. The molecule has 1 aromatic carbocycles. The quantitative estimate of drug-likeness (QED) is 0.667. The number of hydrogen-bond donors (Lipinski definition) is 0. The lowest BCUT2D eigenvalue weighted by Gasteiger charge is -2.29. The Morgan fingerprint density at radius 2 is 1.90 bits per heavy atom. The molecule has 4 rings (SSSR count). The first-order valence-corrected chi connectivity index (χ1v) is 9.58. The van der Waals surface area contributed by atoms with Crippen LogP contribution in [0.2, 0.25) is 0 Å². The van der Waals surface area contributed by atoms with Gasteiger partial charge >= 0.3 is 0 Å². The Balaban J connectivity index is 1.43. The van der Waals surface area contributed by atoms with Crippen LogP contribution >= 0.6 is 0 Å². The first-order chi connectivity index (χ1) is 14.1. The van der Waals surface area contributed by atoms with E-state index in [9.17, 15) is 4.79 Å². The molecule has 3 heterocycles. The second-order valence-corrected chi connectivity index (χ2v) is 7.07. The molecular formula is C23H23N3O3. The van der Waals surface area contributed by atoms with Gasteiger partial charge in [-0.2, -0.15) is 0 Å². The molecule has 6 nitrogen and oxygen atoms in total. The molecule has 0 fully saturated rings. The molecule has 0 aliphatic carbocycles. The Labute approximate surface area is 170 Å². The number of carbonyl (C=O) groups excluding carboxylic acids is 1. The normalized spacial score (nSPS) is 13.0. The maximum Gasteiger partial charge on any atom is 0.255 e. The van der Waals surface area contributed by atoms with Gasteiger partial charge in [0.05, 0.1) is 24.6 Å². The van der Waals surface area contributed by atoms with E-state index >= 15 is 0 Å². The molecule has 0 N–H and O–H groups in total. The highest BCUT2D eigenvalue weighted by Gasteiger charge is 2.22. The van der Waals surface area contributed by atoms with Gasteiger partial charge in [0.1, 0.15) is 18.1 Å². The minimum atomic E-state index is 0.0110. The first kappa shape index (κ1) is 18.9. The molecule has 0 saturated carbocycles. The van der Waals surface area contributed by atoms with Crippen LogP contribution in [0.5, 0.6) is 11.5 Å². The van der Waals surface area contributed by atoms with Crippen LogP contribution in [0.4, 0.5) is 0 Å². The molecule has 148 valence electrons. The molecule has 0 unspecified atom stereocenters. The van der Waals surface area contributed by atoms with E-state index in [2.05, 4.69) is 16.0 Å². The summed E-state index contributed by atoms with van der Waals surface area (Å²) in [6.07, 6.45) is 4.16. The van der Waals surface area contributed by atoms with Crippen molar-refractivity contribution < 1.29 is 14.3 Å². The van der Waals surface area contributed by atoms with Crippen molar-refractivity contribution in [2.24, 2.45) is 0 Å². The van der Waals surface area contributed by atoms with Gasteiger partial charge < -0.3 is 14.4 Å². The zero-order chi connectivity index (χ0) is 20.2. The molecular weight excluding hydrogens is 366 g/mol. The van der Waals surface area contributed by atoms with Gasteiger partial charge in [0.25, 0.3) is 5.91 Å². The number of nitrogens with zero attached hydrogens (tertiary/aromatic N) is 3. The van der Waals surface area contributed by atoms with E-state index in [0.29, 0.717) is 25.3 Å². The number of carbonyl (C=O) groups is 1. The summed E-state index contributed by atoms with van der Waals surface area (Å²) in [5.41, 5.74) is 4.72. The van der Waals surface area contributed by atoms with Crippen molar-refractivity contribution in [2.75, 3.05) is 13.7 Å². The molecule has 0 saturated heterocycles. The predicted octanol–water partition coefficient (Wildman–Crippen LogP) is 3.57. The molecule has 29 heavy (non-hydrogen) atoms. The largest absolute Gasteiger partial charge is 0.495 e. The lowest BCUT2D eigenvalue weighted by atomic mass is 9.99. The number of benzene rings is 1. The Hall–Kier alpha value is -3.41. The second-order valence-electron chi connectivity index (χ2n) is 7.07. The fraction of sp³-hybridized carbons (Fsp3) is 0.261. The monoisotopic (exact) mass is 389 g/mol. The minimum absolute atomic E-state index is 0.0110. The molecule has 0 bridgehead atoms. The zero-order valence-electron chi connectivity index (χ0n) is 16.6. The van der Waals surface area contributed by atoms with E-state index < -0.39 is 0 Å². The fourth-order valence-electron chi connectivity index (χ4n) is 3.35. The number of ether oxygens (including phenoxy) is 2. The summed E-state index contributed by atoms with van der Waals surface area (Å²) in [5.74, 6) is 1.50. The van der Waals surface area contributed by atoms with Crippen LogP contribution in [0.1, 0.15) is 32.9 Å². The topological polar surface area (TPSA) is 64.6 Å². The summed E-state index contributed by atoms with van der Waals surface area (Å²) in [7, 11) is 1.61. The summed E-state index contributed by atoms with van der Waals surface area (Å²) in [6.45, 7) is 3.56. The van der Waals surface area contributed by atoms with Crippen LogP contribution in [0.15, 0.2) is 54.9 Å². The van der Waals surface area contributed by atoms with Gasteiger partial charge in [-0.05, 0) is 60.9 Å². The highest BCUT2D eigenvalue weighted by molar-refractivity contribution is 5.94. The number of methoxy groups -OCH3 is 1. The summed E-state index contributed by atoms with van der Waals surface area (Å²) >= 11 is 0. The third-order valence-corrected chi connectivity index (χ3v) is 5.06. The van der Waals surface area contributed by atoms with E-state index in [-0.39, 0.29) is 5.91 Å². The Morgan fingerprint density at radius 3 is 2.62 bits per heavy atom. The Kier molecular flexibility index (Phi) is 5.42. The van der Waals surface area contributed by atoms with Crippen LogP contribution in [0, 0.1) is 6.92 Å². The number of rotatable bonds is 5. The summed E-state index contributed by atoms with van der Waals surface area (Å²) < 4.78 is 11.0. The molecule has 1 aliphatic rings. The van der Waals surface area contributed by atoms with E-state index in [1.807, 2.05) is 48.2 Å². The standard InChI is InChI=1S/C23H23N3O3/c1-16-3-4-18(12-24-16)23(27)26-10-9-17-5-7-21(11-19(17)14-26)29-15-20-6-8-22(28-2)13-25-20/h3-8,11-13H,9-10,14-15H2,1-2H3. The molecule has 6 heteroatoms. The molecule has 2 aromatic heterocycles. The van der Waals surface area contributed by atoms with E-state index in [1.54, 1.807) is 19.5 Å². The van der Waals surface area contributed by atoms with Gasteiger partial charge in [0.2, 0.25) is 0 Å². The molecule has 1 aliphatic heterocycles. The molecule has 0 atom stereocenters. The Bertz CT molecular complexity index is 1000. The van der Waals surface area contributed by atoms with E-state index in [1.165, 1.54) is 5.56 Å². The van der Waals surface area contributed by atoms with Crippen molar-refractivity contribution in [3.8, 4) is 11.5 Å². The van der Waals surface area contributed by atoms with Gasteiger partial charge in [0, 0.05) is 25.0 Å². The average molecular weight is 389 g/mol. The third kappa shape index (κ3) is 4.37. The highest BCUT2D eigenvalue weighted by atomic mass is 16.5. The number of fused-ring (bicyclic) bond motifs is 1. The summed E-state index contributed by atoms with van der Waals surface area (Å²) in [6, 6.07) is 13.5. The third-order valence-electron chi connectivity index (χ3n) is 5.06. The number of pyridine rings is 2. The van der Waals surface area contributed by atoms with Crippen molar-refractivity contribution in [1.82, 2.24) is 14.9 Å². The SMILES string of the molecule is COc1ccc(COc2ccc3c(c2)CN(C(=O)c2ccc(C)nc2)CC3)nc1. The number of hydrogen-bond acceptors (Lipinski definition) is 5. The molecule has 0 spiro atoms. The van der Waals surface area contributed by atoms with Crippen LogP contribution in [0.3, 0.4) is 0 Å². The van der Waals surface area contributed by atoms with Crippen molar-refractivity contribution in [3.63, 3.8) is 0 Å². The van der Waals surface area contributed by atoms with Crippen LogP contribution in [-0.2, 0) is 19.6 Å². The van der Waals surface area contributed by atoms with Crippen molar-refractivity contribution in [1.29, 1.82) is 0 Å². The van der Waals surface area contributed by atoms with Crippen LogP contribution in [0.25, 0.3) is 0 Å². The molecule has 1 amide bonds. The zero-order valence-corrected chi connectivity index (χ0v) is 16.6. The van der Waals surface area contributed by atoms with Crippen LogP contribution in [-0.4, -0.2) is 34.4 Å². The smallest absolute Gasteiger partial charge is 0.255 e.